The highest BCUT2D eigenvalue weighted by atomic mass is 15.0. The molecule has 0 spiro atoms. The van der Waals surface area contributed by atoms with Crippen molar-refractivity contribution in [1.82, 2.24) is 4.57 Å². The number of anilines is 1. The van der Waals surface area contributed by atoms with E-state index in [0.717, 1.165) is 16.9 Å². The SMILES string of the molecule is C=Cc1c(/C=C\C)c2cccc(N)c2n1C. The van der Waals surface area contributed by atoms with Gasteiger partial charge in [-0.1, -0.05) is 30.9 Å². The Balaban J connectivity index is 2.97. The maximum atomic E-state index is 6.01. The summed E-state index contributed by atoms with van der Waals surface area (Å²) in [6.45, 7) is 5.88. The Morgan fingerprint density at radius 3 is 2.75 bits per heavy atom. The molecule has 0 aliphatic rings. The minimum Gasteiger partial charge on any atom is -0.397 e. The monoisotopic (exact) mass is 212 g/mol. The molecule has 1 heterocycles. The second-order valence-corrected chi connectivity index (χ2v) is 3.81. The minimum absolute atomic E-state index is 0.804. The van der Waals surface area contributed by atoms with Gasteiger partial charge in [-0.3, -0.25) is 0 Å². The lowest BCUT2D eigenvalue weighted by Gasteiger charge is -2.01. The average Bonchev–Trinajstić information content (AvgIpc) is 2.54. The summed E-state index contributed by atoms with van der Waals surface area (Å²) in [7, 11) is 2.02. The van der Waals surface area contributed by atoms with Gasteiger partial charge in [0.2, 0.25) is 0 Å². The van der Waals surface area contributed by atoms with Gasteiger partial charge in [-0.2, -0.15) is 0 Å². The van der Waals surface area contributed by atoms with E-state index in [1.807, 2.05) is 38.3 Å². The fourth-order valence-electron chi connectivity index (χ4n) is 2.18. The summed E-state index contributed by atoms with van der Waals surface area (Å²) in [4.78, 5) is 0. The van der Waals surface area contributed by atoms with Crippen molar-refractivity contribution in [2.45, 2.75) is 6.92 Å². The van der Waals surface area contributed by atoms with Crippen molar-refractivity contribution >= 4 is 28.7 Å². The number of nitrogen functional groups attached to an aromatic ring is 1. The van der Waals surface area contributed by atoms with E-state index in [-0.39, 0.29) is 0 Å². The highest BCUT2D eigenvalue weighted by Gasteiger charge is 2.11. The number of aryl methyl sites for hydroxylation is 1. The quantitative estimate of drug-likeness (QED) is 0.759. The van der Waals surface area contributed by atoms with Crippen LogP contribution in [0, 0.1) is 0 Å². The lowest BCUT2D eigenvalue weighted by Crippen LogP contribution is -1.94. The third kappa shape index (κ3) is 1.34. The Kier molecular flexibility index (Phi) is 2.57. The van der Waals surface area contributed by atoms with Crippen molar-refractivity contribution < 1.29 is 0 Å². The van der Waals surface area contributed by atoms with Crippen LogP contribution in [0.1, 0.15) is 18.2 Å². The summed E-state index contributed by atoms with van der Waals surface area (Å²) in [5, 5.41) is 1.18. The van der Waals surface area contributed by atoms with Crippen molar-refractivity contribution in [2.24, 2.45) is 7.05 Å². The van der Waals surface area contributed by atoms with E-state index in [1.54, 1.807) is 0 Å². The number of benzene rings is 1. The second-order valence-electron chi connectivity index (χ2n) is 3.81. The Labute approximate surface area is 95.7 Å². The molecule has 16 heavy (non-hydrogen) atoms. The summed E-state index contributed by atoms with van der Waals surface area (Å²) < 4.78 is 2.09. The molecule has 2 heteroatoms. The predicted octanol–water partition coefficient (Wildman–Crippen LogP) is 3.44. The maximum Gasteiger partial charge on any atom is 0.0722 e. The molecule has 0 saturated carbocycles. The zero-order chi connectivity index (χ0) is 11.7. The number of aromatic nitrogens is 1. The third-order valence-electron chi connectivity index (χ3n) is 2.86. The number of nitrogens with two attached hydrogens (primary N) is 1. The zero-order valence-corrected chi connectivity index (χ0v) is 9.70. The van der Waals surface area contributed by atoms with E-state index in [9.17, 15) is 0 Å². The first kappa shape index (κ1) is 10.6. The van der Waals surface area contributed by atoms with E-state index in [0.29, 0.717) is 0 Å². The van der Waals surface area contributed by atoms with Gasteiger partial charge in [0.05, 0.1) is 11.2 Å². The van der Waals surface area contributed by atoms with Crippen molar-refractivity contribution in [3.8, 4) is 0 Å². The molecule has 0 radical (unpaired) electrons. The van der Waals surface area contributed by atoms with Crippen LogP contribution in [0.4, 0.5) is 5.69 Å². The number of fused-ring (bicyclic) bond motifs is 1. The molecule has 0 bridgehead atoms. The summed E-state index contributed by atoms with van der Waals surface area (Å²) >= 11 is 0. The van der Waals surface area contributed by atoms with Gasteiger partial charge in [0, 0.05) is 23.7 Å². The molecular weight excluding hydrogens is 196 g/mol. The van der Waals surface area contributed by atoms with E-state index in [4.69, 9.17) is 5.73 Å². The fraction of sp³-hybridized carbons (Fsp3) is 0.143. The highest BCUT2D eigenvalue weighted by molar-refractivity contribution is 5.99. The maximum absolute atomic E-state index is 6.01. The molecule has 82 valence electrons. The van der Waals surface area contributed by atoms with Crippen molar-refractivity contribution in [3.05, 3.63) is 42.1 Å². The molecule has 0 aliphatic heterocycles. The van der Waals surface area contributed by atoms with Crippen LogP contribution in [-0.4, -0.2) is 4.57 Å². The van der Waals surface area contributed by atoms with Gasteiger partial charge in [-0.15, -0.1) is 0 Å². The zero-order valence-electron chi connectivity index (χ0n) is 9.70. The fourth-order valence-corrected chi connectivity index (χ4v) is 2.18. The van der Waals surface area contributed by atoms with E-state index in [1.165, 1.54) is 10.9 Å². The molecule has 2 nitrogen and oxygen atoms in total. The normalized spacial score (nSPS) is 11.4. The summed E-state index contributed by atoms with van der Waals surface area (Å²) in [6, 6.07) is 6.00. The molecule has 0 amide bonds. The number of hydrogen-bond acceptors (Lipinski definition) is 1. The summed E-state index contributed by atoms with van der Waals surface area (Å²) in [5.74, 6) is 0. The third-order valence-corrected chi connectivity index (χ3v) is 2.86. The van der Waals surface area contributed by atoms with Crippen LogP contribution in [-0.2, 0) is 7.05 Å². The Hall–Kier alpha value is -1.96. The topological polar surface area (TPSA) is 30.9 Å². The molecule has 0 fully saturated rings. The average molecular weight is 212 g/mol. The smallest absolute Gasteiger partial charge is 0.0722 e. The van der Waals surface area contributed by atoms with Crippen LogP contribution in [0.15, 0.2) is 30.9 Å². The molecule has 1 aromatic carbocycles. The van der Waals surface area contributed by atoms with Gasteiger partial charge < -0.3 is 10.3 Å². The molecule has 2 N–H and O–H groups in total. The highest BCUT2D eigenvalue weighted by Crippen LogP contribution is 2.30. The van der Waals surface area contributed by atoms with Crippen LogP contribution in [0.5, 0.6) is 0 Å². The first-order valence-corrected chi connectivity index (χ1v) is 5.32. The van der Waals surface area contributed by atoms with Gasteiger partial charge in [0.1, 0.15) is 0 Å². The van der Waals surface area contributed by atoms with Gasteiger partial charge >= 0.3 is 0 Å². The Morgan fingerprint density at radius 1 is 1.38 bits per heavy atom. The number of para-hydroxylation sites is 1. The predicted molar refractivity (Wildman–Crippen MR) is 72.1 cm³/mol. The molecule has 0 unspecified atom stereocenters. The molecule has 1 aromatic heterocycles. The van der Waals surface area contributed by atoms with Crippen molar-refractivity contribution in [3.63, 3.8) is 0 Å². The Morgan fingerprint density at radius 2 is 2.12 bits per heavy atom. The van der Waals surface area contributed by atoms with E-state index >= 15 is 0 Å². The summed E-state index contributed by atoms with van der Waals surface area (Å²) in [6.07, 6.45) is 6.00. The van der Waals surface area contributed by atoms with E-state index < -0.39 is 0 Å². The van der Waals surface area contributed by atoms with Gasteiger partial charge in [-0.05, 0) is 19.1 Å². The number of nitrogens with zero attached hydrogens (tertiary/aromatic N) is 1. The van der Waals surface area contributed by atoms with Crippen LogP contribution in [0.2, 0.25) is 0 Å². The number of hydrogen-bond donors (Lipinski definition) is 1. The standard InChI is InChI=1S/C14H16N2/c1-4-7-10-11-8-6-9-12(15)14(11)16(3)13(10)5-2/h4-9H,2,15H2,1,3H3/b7-4-. The molecule has 2 rings (SSSR count). The number of allylic oxidation sites excluding steroid dienone is 1. The van der Waals surface area contributed by atoms with Gasteiger partial charge in [0.25, 0.3) is 0 Å². The largest absolute Gasteiger partial charge is 0.397 e. The minimum atomic E-state index is 0.804. The summed E-state index contributed by atoms with van der Waals surface area (Å²) in [5.41, 5.74) is 10.2. The van der Waals surface area contributed by atoms with Crippen LogP contribution >= 0.6 is 0 Å². The lowest BCUT2D eigenvalue weighted by molar-refractivity contribution is 0.955. The first-order valence-electron chi connectivity index (χ1n) is 5.32. The van der Waals surface area contributed by atoms with Crippen molar-refractivity contribution in [2.75, 3.05) is 5.73 Å². The molecular formula is C14H16N2. The second kappa shape index (κ2) is 3.89. The lowest BCUT2D eigenvalue weighted by atomic mass is 10.1. The van der Waals surface area contributed by atoms with Crippen LogP contribution in [0.25, 0.3) is 23.1 Å². The number of rotatable bonds is 2. The molecule has 0 aliphatic carbocycles. The van der Waals surface area contributed by atoms with Crippen LogP contribution in [0.3, 0.4) is 0 Å². The molecule has 2 aromatic rings. The first-order chi connectivity index (χ1) is 7.70. The Bertz CT molecular complexity index is 574. The van der Waals surface area contributed by atoms with Gasteiger partial charge in [0.15, 0.2) is 0 Å². The molecule has 0 saturated heterocycles. The van der Waals surface area contributed by atoms with Gasteiger partial charge in [-0.25, -0.2) is 0 Å². The van der Waals surface area contributed by atoms with Crippen LogP contribution < -0.4 is 5.73 Å². The van der Waals surface area contributed by atoms with E-state index in [2.05, 4.69) is 23.3 Å². The molecule has 0 atom stereocenters. The van der Waals surface area contributed by atoms with Crippen molar-refractivity contribution in [1.29, 1.82) is 0 Å².